The molecule has 4 heteroatoms. The van der Waals surface area contributed by atoms with Crippen molar-refractivity contribution < 1.29 is 0 Å². The Morgan fingerprint density at radius 1 is 1.24 bits per heavy atom. The van der Waals surface area contributed by atoms with Gasteiger partial charge < -0.3 is 5.32 Å². The molecule has 0 bridgehead atoms. The maximum Gasteiger partial charge on any atom is 0.0653 e. The van der Waals surface area contributed by atoms with Crippen LogP contribution in [0.2, 0.25) is 0 Å². The maximum absolute atomic E-state index is 4.23. The number of nitrogens with zero attached hydrogens (tertiary/aromatic N) is 3. The number of anilines is 1. The van der Waals surface area contributed by atoms with E-state index < -0.39 is 0 Å². The Kier molecular flexibility index (Phi) is 5.39. The van der Waals surface area contributed by atoms with Crippen molar-refractivity contribution in [3.05, 3.63) is 47.8 Å². The van der Waals surface area contributed by atoms with Gasteiger partial charge in [0.05, 0.1) is 11.7 Å². The number of nitrogens with one attached hydrogen (secondary N) is 1. The van der Waals surface area contributed by atoms with Gasteiger partial charge >= 0.3 is 0 Å². The molecule has 1 aromatic carbocycles. The van der Waals surface area contributed by atoms with Crippen molar-refractivity contribution in [2.45, 2.75) is 33.4 Å². The molecule has 0 aliphatic rings. The summed E-state index contributed by atoms with van der Waals surface area (Å²) < 4.78 is 1.91. The van der Waals surface area contributed by atoms with Crippen LogP contribution in [0.4, 0.5) is 5.69 Å². The quantitative estimate of drug-likeness (QED) is 0.846. The van der Waals surface area contributed by atoms with E-state index in [0.29, 0.717) is 0 Å². The Hall–Kier alpha value is -1.81. The second kappa shape index (κ2) is 7.27. The van der Waals surface area contributed by atoms with E-state index in [4.69, 9.17) is 0 Å². The van der Waals surface area contributed by atoms with Gasteiger partial charge in [-0.15, -0.1) is 0 Å². The summed E-state index contributed by atoms with van der Waals surface area (Å²) in [5.41, 5.74) is 3.69. The Morgan fingerprint density at radius 2 is 2.00 bits per heavy atom. The number of benzene rings is 1. The van der Waals surface area contributed by atoms with Crippen LogP contribution in [0.3, 0.4) is 0 Å². The van der Waals surface area contributed by atoms with E-state index >= 15 is 0 Å². The minimum atomic E-state index is 0.237. The summed E-state index contributed by atoms with van der Waals surface area (Å²) in [6, 6.07) is 11.0. The summed E-state index contributed by atoms with van der Waals surface area (Å²) in [7, 11) is 1.98. The van der Waals surface area contributed by atoms with Gasteiger partial charge in [-0.25, -0.2) is 0 Å². The third-order valence-corrected chi connectivity index (χ3v) is 3.91. The van der Waals surface area contributed by atoms with Crippen LogP contribution in [0.15, 0.2) is 36.5 Å². The molecule has 0 amide bonds. The lowest BCUT2D eigenvalue weighted by atomic mass is 10.1. The van der Waals surface area contributed by atoms with Crippen LogP contribution in [0.5, 0.6) is 0 Å². The molecular formula is C17H26N4. The van der Waals surface area contributed by atoms with Crippen LogP contribution in [-0.2, 0) is 13.6 Å². The van der Waals surface area contributed by atoms with E-state index in [1.807, 2.05) is 17.9 Å². The molecule has 0 aliphatic heterocycles. The molecule has 1 heterocycles. The summed E-state index contributed by atoms with van der Waals surface area (Å²) in [4.78, 5) is 2.42. The summed E-state index contributed by atoms with van der Waals surface area (Å²) in [5.74, 6) is 0. The predicted octanol–water partition coefficient (Wildman–Crippen LogP) is 3.44. The summed E-state index contributed by atoms with van der Waals surface area (Å²) in [5, 5.41) is 7.78. The van der Waals surface area contributed by atoms with Crippen LogP contribution >= 0.6 is 0 Å². The first-order valence-corrected chi connectivity index (χ1v) is 7.69. The van der Waals surface area contributed by atoms with Crippen molar-refractivity contribution in [3.8, 4) is 0 Å². The molecule has 0 saturated heterocycles. The predicted molar refractivity (Wildman–Crippen MR) is 88.3 cm³/mol. The van der Waals surface area contributed by atoms with Crippen LogP contribution in [0, 0.1) is 0 Å². The van der Waals surface area contributed by atoms with Gasteiger partial charge in [-0.05, 0) is 43.8 Å². The molecule has 114 valence electrons. The van der Waals surface area contributed by atoms with Gasteiger partial charge in [-0.2, -0.15) is 5.10 Å². The summed E-state index contributed by atoms with van der Waals surface area (Å²) >= 11 is 0. The molecular weight excluding hydrogens is 260 g/mol. The van der Waals surface area contributed by atoms with Gasteiger partial charge in [0, 0.05) is 25.5 Å². The minimum Gasteiger partial charge on any atom is -0.377 e. The molecule has 4 nitrogen and oxygen atoms in total. The average Bonchev–Trinajstić information content (AvgIpc) is 2.91. The van der Waals surface area contributed by atoms with E-state index in [9.17, 15) is 0 Å². The van der Waals surface area contributed by atoms with Crippen molar-refractivity contribution in [3.63, 3.8) is 0 Å². The van der Waals surface area contributed by atoms with Crippen molar-refractivity contribution in [1.29, 1.82) is 0 Å². The lowest BCUT2D eigenvalue weighted by Gasteiger charge is -2.20. The molecule has 0 radical (unpaired) electrons. The minimum absolute atomic E-state index is 0.237. The number of aromatic nitrogens is 2. The SMILES string of the molecule is CCN(CC)Cc1cccc(NC(C)c2ccnn2C)c1. The van der Waals surface area contributed by atoms with E-state index in [-0.39, 0.29) is 6.04 Å². The van der Waals surface area contributed by atoms with Gasteiger partial charge in [0.1, 0.15) is 0 Å². The van der Waals surface area contributed by atoms with E-state index in [2.05, 4.69) is 66.4 Å². The van der Waals surface area contributed by atoms with E-state index in [1.165, 1.54) is 11.3 Å². The summed E-state index contributed by atoms with van der Waals surface area (Å²) in [6.45, 7) is 9.74. The highest BCUT2D eigenvalue weighted by atomic mass is 15.3. The fraction of sp³-hybridized carbons (Fsp3) is 0.471. The zero-order valence-corrected chi connectivity index (χ0v) is 13.5. The van der Waals surface area contributed by atoms with Gasteiger partial charge in [0.15, 0.2) is 0 Å². The van der Waals surface area contributed by atoms with E-state index in [1.54, 1.807) is 0 Å². The fourth-order valence-electron chi connectivity index (χ4n) is 2.60. The van der Waals surface area contributed by atoms with Gasteiger partial charge in [-0.3, -0.25) is 9.58 Å². The molecule has 0 saturated carbocycles. The number of hydrogen-bond acceptors (Lipinski definition) is 3. The van der Waals surface area contributed by atoms with Gasteiger partial charge in [0.2, 0.25) is 0 Å². The largest absolute Gasteiger partial charge is 0.377 e. The molecule has 0 spiro atoms. The highest BCUT2D eigenvalue weighted by molar-refractivity contribution is 5.47. The maximum atomic E-state index is 4.23. The average molecular weight is 286 g/mol. The lowest BCUT2D eigenvalue weighted by Crippen LogP contribution is -2.22. The topological polar surface area (TPSA) is 33.1 Å². The molecule has 1 N–H and O–H groups in total. The van der Waals surface area contributed by atoms with Crippen LogP contribution in [0.1, 0.15) is 38.1 Å². The van der Waals surface area contributed by atoms with E-state index in [0.717, 1.165) is 25.3 Å². The second-order valence-corrected chi connectivity index (χ2v) is 5.41. The number of rotatable bonds is 7. The molecule has 2 rings (SSSR count). The third-order valence-electron chi connectivity index (χ3n) is 3.91. The highest BCUT2D eigenvalue weighted by Gasteiger charge is 2.09. The Balaban J connectivity index is 2.05. The van der Waals surface area contributed by atoms with Crippen LogP contribution < -0.4 is 5.32 Å². The fourth-order valence-corrected chi connectivity index (χ4v) is 2.60. The molecule has 1 atom stereocenters. The normalized spacial score (nSPS) is 12.6. The van der Waals surface area contributed by atoms with Crippen molar-refractivity contribution in [2.24, 2.45) is 7.05 Å². The Bertz CT molecular complexity index is 557. The van der Waals surface area contributed by atoms with Gasteiger partial charge in [-0.1, -0.05) is 26.0 Å². The molecule has 1 unspecified atom stereocenters. The zero-order chi connectivity index (χ0) is 15.2. The monoisotopic (exact) mass is 286 g/mol. The first-order valence-electron chi connectivity index (χ1n) is 7.69. The second-order valence-electron chi connectivity index (χ2n) is 5.41. The third kappa shape index (κ3) is 4.08. The Morgan fingerprint density at radius 3 is 2.62 bits per heavy atom. The molecule has 21 heavy (non-hydrogen) atoms. The molecule has 2 aromatic rings. The summed E-state index contributed by atoms with van der Waals surface area (Å²) in [6.07, 6.45) is 1.84. The Labute approximate surface area is 127 Å². The van der Waals surface area contributed by atoms with Crippen LogP contribution in [0.25, 0.3) is 0 Å². The first kappa shape index (κ1) is 15.6. The highest BCUT2D eigenvalue weighted by Crippen LogP contribution is 2.20. The smallest absolute Gasteiger partial charge is 0.0653 e. The molecule has 1 aromatic heterocycles. The van der Waals surface area contributed by atoms with Crippen molar-refractivity contribution in [1.82, 2.24) is 14.7 Å². The van der Waals surface area contributed by atoms with Gasteiger partial charge in [0.25, 0.3) is 0 Å². The first-order chi connectivity index (χ1) is 10.1. The standard InChI is InChI=1S/C17H26N4/c1-5-21(6-2)13-15-8-7-9-16(12-15)19-14(3)17-10-11-18-20(17)4/h7-12,14,19H,5-6,13H2,1-4H3. The van der Waals surface area contributed by atoms with Crippen molar-refractivity contribution >= 4 is 5.69 Å². The van der Waals surface area contributed by atoms with Crippen molar-refractivity contribution in [2.75, 3.05) is 18.4 Å². The number of aryl methyl sites for hydroxylation is 1. The lowest BCUT2D eigenvalue weighted by molar-refractivity contribution is 0.296. The molecule has 0 fully saturated rings. The van der Waals surface area contributed by atoms with Crippen LogP contribution in [-0.4, -0.2) is 27.8 Å². The zero-order valence-electron chi connectivity index (χ0n) is 13.5. The molecule has 0 aliphatic carbocycles. The number of hydrogen-bond donors (Lipinski definition) is 1.